The molecule has 1 amide bonds. The lowest BCUT2D eigenvalue weighted by Crippen LogP contribution is -2.14. The van der Waals surface area contributed by atoms with Gasteiger partial charge in [0.15, 0.2) is 0 Å². The van der Waals surface area contributed by atoms with Crippen LogP contribution >= 0.6 is 0 Å². The Morgan fingerprint density at radius 2 is 1.74 bits per heavy atom. The highest BCUT2D eigenvalue weighted by atomic mass is 16.1. The fraction of sp³-hybridized carbons (Fsp3) is 0.0556. The molecule has 3 aromatic rings. The van der Waals surface area contributed by atoms with Gasteiger partial charge >= 0.3 is 0 Å². The molecule has 3 N–H and O–H groups in total. The van der Waals surface area contributed by atoms with Crippen molar-refractivity contribution >= 4 is 11.6 Å². The normalized spacial score (nSPS) is 10.3. The predicted octanol–water partition coefficient (Wildman–Crippen LogP) is 2.85. The van der Waals surface area contributed by atoms with Gasteiger partial charge in [-0.1, -0.05) is 18.2 Å². The van der Waals surface area contributed by atoms with Crippen LogP contribution in [0.25, 0.3) is 11.4 Å². The van der Waals surface area contributed by atoms with Crippen LogP contribution < -0.4 is 11.1 Å². The molecular formula is C18H16N4O. The first kappa shape index (κ1) is 14.9. The van der Waals surface area contributed by atoms with E-state index in [2.05, 4.69) is 15.3 Å². The molecule has 114 valence electrons. The molecule has 0 aliphatic heterocycles. The monoisotopic (exact) mass is 304 g/mol. The molecule has 1 aromatic carbocycles. The number of amides is 1. The Labute approximate surface area is 134 Å². The van der Waals surface area contributed by atoms with Gasteiger partial charge in [0.1, 0.15) is 5.69 Å². The molecule has 2 aromatic heterocycles. The molecule has 0 atom stereocenters. The molecular weight excluding hydrogens is 288 g/mol. The highest BCUT2D eigenvalue weighted by Gasteiger charge is 2.14. The Morgan fingerprint density at radius 3 is 2.43 bits per heavy atom. The first-order chi connectivity index (χ1) is 11.3. The van der Waals surface area contributed by atoms with E-state index in [0.29, 0.717) is 29.2 Å². The summed E-state index contributed by atoms with van der Waals surface area (Å²) in [5.41, 5.74) is 9.00. The van der Waals surface area contributed by atoms with Crippen LogP contribution in [0.15, 0.2) is 67.0 Å². The van der Waals surface area contributed by atoms with Crippen molar-refractivity contribution in [2.75, 3.05) is 5.32 Å². The van der Waals surface area contributed by atoms with Gasteiger partial charge in [0.05, 0.1) is 11.3 Å². The number of hydrogen-bond acceptors (Lipinski definition) is 4. The number of aromatic nitrogens is 2. The summed E-state index contributed by atoms with van der Waals surface area (Å²) in [6.07, 6.45) is 3.33. The average molecular weight is 304 g/mol. The number of nitrogens with two attached hydrogens (primary N) is 1. The van der Waals surface area contributed by atoms with Crippen molar-refractivity contribution in [1.82, 2.24) is 9.97 Å². The second kappa shape index (κ2) is 6.81. The SMILES string of the molecule is NCc1ccc(NC(=O)c2cccnc2-c2ccccn2)cc1. The number of pyridine rings is 2. The molecule has 0 aliphatic carbocycles. The smallest absolute Gasteiger partial charge is 0.257 e. The van der Waals surface area contributed by atoms with Crippen molar-refractivity contribution in [1.29, 1.82) is 0 Å². The highest BCUT2D eigenvalue weighted by Crippen LogP contribution is 2.20. The van der Waals surface area contributed by atoms with Gasteiger partial charge in [-0.2, -0.15) is 0 Å². The van der Waals surface area contributed by atoms with Gasteiger partial charge in [-0.05, 0) is 42.0 Å². The van der Waals surface area contributed by atoms with Crippen LogP contribution in [0.1, 0.15) is 15.9 Å². The second-order valence-corrected chi connectivity index (χ2v) is 4.97. The van der Waals surface area contributed by atoms with Crippen molar-refractivity contribution in [2.45, 2.75) is 6.54 Å². The van der Waals surface area contributed by atoms with E-state index >= 15 is 0 Å². The van der Waals surface area contributed by atoms with Crippen molar-refractivity contribution < 1.29 is 4.79 Å². The molecule has 0 spiro atoms. The van der Waals surface area contributed by atoms with Crippen LogP contribution in [0.3, 0.4) is 0 Å². The van der Waals surface area contributed by atoms with Crippen LogP contribution in [0.2, 0.25) is 0 Å². The number of carbonyl (C=O) groups excluding carboxylic acids is 1. The van der Waals surface area contributed by atoms with Crippen molar-refractivity contribution in [2.24, 2.45) is 5.73 Å². The number of anilines is 1. The largest absolute Gasteiger partial charge is 0.326 e. The van der Waals surface area contributed by atoms with Gasteiger partial charge in [-0.3, -0.25) is 14.8 Å². The molecule has 0 saturated heterocycles. The van der Waals surface area contributed by atoms with E-state index in [-0.39, 0.29) is 5.91 Å². The lowest BCUT2D eigenvalue weighted by Gasteiger charge is -2.09. The Kier molecular flexibility index (Phi) is 4.40. The number of nitrogens with one attached hydrogen (secondary N) is 1. The third-order valence-electron chi connectivity index (χ3n) is 3.41. The average Bonchev–Trinajstić information content (AvgIpc) is 2.63. The molecule has 0 bridgehead atoms. The minimum atomic E-state index is -0.223. The Hall–Kier alpha value is -3.05. The fourth-order valence-corrected chi connectivity index (χ4v) is 2.22. The molecule has 5 heteroatoms. The summed E-state index contributed by atoms with van der Waals surface area (Å²) in [6, 6.07) is 16.4. The number of rotatable bonds is 4. The maximum absolute atomic E-state index is 12.6. The van der Waals surface area contributed by atoms with E-state index in [4.69, 9.17) is 5.73 Å². The molecule has 0 radical (unpaired) electrons. The Bertz CT molecular complexity index is 801. The van der Waals surface area contributed by atoms with Gasteiger partial charge < -0.3 is 11.1 Å². The summed E-state index contributed by atoms with van der Waals surface area (Å²) in [4.78, 5) is 21.1. The number of nitrogens with zero attached hydrogens (tertiary/aromatic N) is 2. The zero-order valence-electron chi connectivity index (χ0n) is 12.4. The molecule has 0 aliphatic rings. The lowest BCUT2D eigenvalue weighted by molar-refractivity contribution is 0.102. The number of carbonyl (C=O) groups is 1. The summed E-state index contributed by atoms with van der Waals surface area (Å²) in [5, 5.41) is 2.87. The summed E-state index contributed by atoms with van der Waals surface area (Å²) in [5.74, 6) is -0.223. The third-order valence-corrected chi connectivity index (χ3v) is 3.41. The van der Waals surface area contributed by atoms with E-state index in [1.54, 1.807) is 24.5 Å². The molecule has 0 fully saturated rings. The van der Waals surface area contributed by atoms with E-state index in [1.165, 1.54) is 0 Å². The standard InChI is InChI=1S/C18H16N4O/c19-12-13-6-8-14(9-7-13)22-18(23)15-4-3-11-21-17(15)16-5-1-2-10-20-16/h1-11H,12,19H2,(H,22,23). The minimum Gasteiger partial charge on any atom is -0.326 e. The zero-order valence-corrected chi connectivity index (χ0v) is 12.4. The van der Waals surface area contributed by atoms with E-state index < -0.39 is 0 Å². The van der Waals surface area contributed by atoms with E-state index in [0.717, 1.165) is 5.56 Å². The Morgan fingerprint density at radius 1 is 0.957 bits per heavy atom. The maximum atomic E-state index is 12.6. The fourth-order valence-electron chi connectivity index (χ4n) is 2.22. The van der Waals surface area contributed by atoms with Crippen molar-refractivity contribution in [3.63, 3.8) is 0 Å². The highest BCUT2D eigenvalue weighted by molar-refractivity contribution is 6.07. The number of benzene rings is 1. The lowest BCUT2D eigenvalue weighted by atomic mass is 10.1. The van der Waals surface area contributed by atoms with Crippen LogP contribution in [0.4, 0.5) is 5.69 Å². The quantitative estimate of drug-likeness (QED) is 0.776. The molecule has 23 heavy (non-hydrogen) atoms. The summed E-state index contributed by atoms with van der Waals surface area (Å²) in [6.45, 7) is 0.473. The van der Waals surface area contributed by atoms with Crippen LogP contribution in [0.5, 0.6) is 0 Å². The van der Waals surface area contributed by atoms with Crippen molar-refractivity contribution in [3.05, 3.63) is 78.1 Å². The van der Waals surface area contributed by atoms with Gasteiger partial charge in [-0.15, -0.1) is 0 Å². The van der Waals surface area contributed by atoms with Crippen LogP contribution in [-0.4, -0.2) is 15.9 Å². The first-order valence-electron chi connectivity index (χ1n) is 7.24. The van der Waals surface area contributed by atoms with Gasteiger partial charge in [-0.25, -0.2) is 0 Å². The minimum absolute atomic E-state index is 0.223. The Balaban J connectivity index is 1.88. The zero-order chi connectivity index (χ0) is 16.1. The van der Waals surface area contributed by atoms with Crippen LogP contribution in [-0.2, 0) is 6.54 Å². The third kappa shape index (κ3) is 3.41. The van der Waals surface area contributed by atoms with E-state index in [9.17, 15) is 4.79 Å². The van der Waals surface area contributed by atoms with Gasteiger partial charge in [0.25, 0.3) is 5.91 Å². The molecule has 0 unspecified atom stereocenters. The van der Waals surface area contributed by atoms with Crippen LogP contribution in [0, 0.1) is 0 Å². The topological polar surface area (TPSA) is 80.9 Å². The van der Waals surface area contributed by atoms with Crippen molar-refractivity contribution in [3.8, 4) is 11.4 Å². The van der Waals surface area contributed by atoms with Gasteiger partial charge in [0.2, 0.25) is 0 Å². The molecule has 0 saturated carbocycles. The summed E-state index contributed by atoms with van der Waals surface area (Å²) < 4.78 is 0. The molecule has 2 heterocycles. The second-order valence-electron chi connectivity index (χ2n) is 4.97. The van der Waals surface area contributed by atoms with E-state index in [1.807, 2.05) is 42.5 Å². The molecule has 5 nitrogen and oxygen atoms in total. The molecule has 3 rings (SSSR count). The number of hydrogen-bond donors (Lipinski definition) is 2. The summed E-state index contributed by atoms with van der Waals surface area (Å²) in [7, 11) is 0. The van der Waals surface area contributed by atoms with Gasteiger partial charge in [0, 0.05) is 24.6 Å². The summed E-state index contributed by atoms with van der Waals surface area (Å²) >= 11 is 0. The maximum Gasteiger partial charge on any atom is 0.257 e. The first-order valence-corrected chi connectivity index (χ1v) is 7.24. The predicted molar refractivity (Wildman–Crippen MR) is 89.8 cm³/mol.